The number of H-pyrrole nitrogens is 1. The van der Waals surface area contributed by atoms with E-state index < -0.39 is 0 Å². The predicted octanol–water partition coefficient (Wildman–Crippen LogP) is 2.18. The summed E-state index contributed by atoms with van der Waals surface area (Å²) in [6, 6.07) is 0.164. The SMILES string of the molecule is Cc1nc(N2CCOCC2)[nH]c(=O)c1CCC(=O)NC(C)CCCC(C)C. The van der Waals surface area contributed by atoms with Gasteiger partial charge in [0.05, 0.1) is 13.2 Å². The van der Waals surface area contributed by atoms with Crippen molar-refractivity contribution >= 4 is 11.9 Å². The average Bonchev–Trinajstić information content (AvgIpc) is 2.61. The number of aromatic amines is 1. The fraction of sp³-hybridized carbons (Fsp3) is 0.750. The molecule has 27 heavy (non-hydrogen) atoms. The highest BCUT2D eigenvalue weighted by molar-refractivity contribution is 5.76. The second kappa shape index (κ2) is 10.4. The lowest BCUT2D eigenvalue weighted by atomic mass is 10.0. The van der Waals surface area contributed by atoms with E-state index in [9.17, 15) is 9.59 Å². The molecule has 1 saturated heterocycles. The minimum absolute atomic E-state index is 0.0110. The van der Waals surface area contributed by atoms with Crippen LogP contribution in [0.2, 0.25) is 0 Å². The minimum atomic E-state index is -0.151. The van der Waals surface area contributed by atoms with Crippen LogP contribution in [0, 0.1) is 12.8 Å². The van der Waals surface area contributed by atoms with Gasteiger partial charge in [0, 0.05) is 36.8 Å². The molecular formula is C20H34N4O3. The van der Waals surface area contributed by atoms with Gasteiger partial charge in [0.25, 0.3) is 5.56 Å². The maximum absolute atomic E-state index is 12.5. The molecule has 1 aromatic rings. The summed E-state index contributed by atoms with van der Waals surface area (Å²) in [5.41, 5.74) is 1.13. The van der Waals surface area contributed by atoms with Gasteiger partial charge in [-0.2, -0.15) is 0 Å². The molecule has 0 radical (unpaired) electrons. The molecule has 2 N–H and O–H groups in total. The molecule has 0 saturated carbocycles. The summed E-state index contributed by atoms with van der Waals surface area (Å²) in [6.07, 6.45) is 3.99. The summed E-state index contributed by atoms with van der Waals surface area (Å²) >= 11 is 0. The molecule has 7 heteroatoms. The molecule has 0 bridgehead atoms. The number of morpholine rings is 1. The number of nitrogens with one attached hydrogen (secondary N) is 2. The van der Waals surface area contributed by atoms with Gasteiger partial charge in [-0.3, -0.25) is 14.6 Å². The molecule has 0 aliphatic carbocycles. The largest absolute Gasteiger partial charge is 0.378 e. The third kappa shape index (κ3) is 6.97. The number of anilines is 1. The molecule has 0 spiro atoms. The molecule has 2 rings (SSSR count). The summed E-state index contributed by atoms with van der Waals surface area (Å²) in [7, 11) is 0. The normalized spacial score (nSPS) is 15.8. The van der Waals surface area contributed by atoms with Crippen molar-refractivity contribution in [2.24, 2.45) is 5.92 Å². The van der Waals surface area contributed by atoms with Gasteiger partial charge in [-0.1, -0.05) is 26.7 Å². The summed E-state index contributed by atoms with van der Waals surface area (Å²) in [6.45, 7) is 11.0. The van der Waals surface area contributed by atoms with Crippen molar-refractivity contribution in [3.05, 3.63) is 21.6 Å². The van der Waals surface area contributed by atoms with Gasteiger partial charge < -0.3 is 15.0 Å². The van der Waals surface area contributed by atoms with Gasteiger partial charge in [0.2, 0.25) is 11.9 Å². The van der Waals surface area contributed by atoms with Gasteiger partial charge >= 0.3 is 0 Å². The average molecular weight is 379 g/mol. The van der Waals surface area contributed by atoms with Crippen molar-refractivity contribution in [1.29, 1.82) is 0 Å². The highest BCUT2D eigenvalue weighted by Crippen LogP contribution is 2.12. The molecular weight excluding hydrogens is 344 g/mol. The zero-order chi connectivity index (χ0) is 19.8. The number of ether oxygens (including phenoxy) is 1. The number of hydrogen-bond donors (Lipinski definition) is 2. The fourth-order valence-corrected chi connectivity index (χ4v) is 3.30. The van der Waals surface area contributed by atoms with E-state index >= 15 is 0 Å². The smallest absolute Gasteiger partial charge is 0.255 e. The van der Waals surface area contributed by atoms with E-state index in [0.717, 1.165) is 25.9 Å². The van der Waals surface area contributed by atoms with Crippen molar-refractivity contribution in [1.82, 2.24) is 15.3 Å². The Labute approximate surface area is 161 Å². The zero-order valence-corrected chi connectivity index (χ0v) is 17.1. The van der Waals surface area contributed by atoms with E-state index in [4.69, 9.17) is 4.74 Å². The van der Waals surface area contributed by atoms with E-state index in [1.807, 2.05) is 18.7 Å². The fourth-order valence-electron chi connectivity index (χ4n) is 3.30. The Balaban J connectivity index is 1.86. The van der Waals surface area contributed by atoms with Crippen LogP contribution in [0.25, 0.3) is 0 Å². The predicted molar refractivity (Wildman–Crippen MR) is 107 cm³/mol. The maximum atomic E-state index is 12.5. The lowest BCUT2D eigenvalue weighted by Gasteiger charge is -2.27. The highest BCUT2D eigenvalue weighted by Gasteiger charge is 2.17. The molecule has 1 unspecified atom stereocenters. The van der Waals surface area contributed by atoms with Crippen LogP contribution in [0.1, 0.15) is 57.7 Å². The second-order valence-electron chi connectivity index (χ2n) is 7.85. The van der Waals surface area contributed by atoms with Gasteiger partial charge in [0.1, 0.15) is 0 Å². The first kappa shape index (κ1) is 21.4. The van der Waals surface area contributed by atoms with Crippen molar-refractivity contribution in [2.75, 3.05) is 31.2 Å². The quantitative estimate of drug-likeness (QED) is 0.688. The lowest BCUT2D eigenvalue weighted by molar-refractivity contribution is -0.121. The Hall–Kier alpha value is -1.89. The number of hydrogen-bond acceptors (Lipinski definition) is 5. The van der Waals surface area contributed by atoms with Gasteiger partial charge in [0.15, 0.2) is 0 Å². The Morgan fingerprint density at radius 1 is 1.26 bits per heavy atom. The second-order valence-corrected chi connectivity index (χ2v) is 7.85. The third-order valence-electron chi connectivity index (χ3n) is 4.95. The number of carbonyl (C=O) groups excluding carboxylic acids is 1. The molecule has 1 fully saturated rings. The standard InChI is InChI=1S/C20H34N4O3/c1-14(2)6-5-7-15(3)21-18(25)9-8-17-16(4)22-20(23-19(17)26)24-10-12-27-13-11-24/h14-15H,5-13H2,1-4H3,(H,21,25)(H,22,23,26). The number of rotatable bonds is 9. The number of carbonyl (C=O) groups is 1. The van der Waals surface area contributed by atoms with Crippen LogP contribution in [0.5, 0.6) is 0 Å². The molecule has 1 aliphatic heterocycles. The molecule has 1 aliphatic rings. The zero-order valence-electron chi connectivity index (χ0n) is 17.1. The van der Waals surface area contributed by atoms with Crippen LogP contribution in [0.4, 0.5) is 5.95 Å². The highest BCUT2D eigenvalue weighted by atomic mass is 16.5. The summed E-state index contributed by atoms with van der Waals surface area (Å²) < 4.78 is 5.33. The minimum Gasteiger partial charge on any atom is -0.378 e. The summed E-state index contributed by atoms with van der Waals surface area (Å²) in [5.74, 6) is 1.27. The van der Waals surface area contributed by atoms with Gasteiger partial charge in [-0.05, 0) is 32.6 Å². The van der Waals surface area contributed by atoms with E-state index in [0.29, 0.717) is 49.2 Å². The first-order valence-corrected chi connectivity index (χ1v) is 10.1. The Bertz CT molecular complexity index is 666. The van der Waals surface area contributed by atoms with Crippen LogP contribution in [-0.4, -0.2) is 48.2 Å². The number of aromatic nitrogens is 2. The lowest BCUT2D eigenvalue weighted by Crippen LogP contribution is -2.39. The van der Waals surface area contributed by atoms with Crippen LogP contribution in [0.3, 0.4) is 0 Å². The number of aryl methyl sites for hydroxylation is 1. The van der Waals surface area contributed by atoms with E-state index in [1.165, 1.54) is 6.42 Å². The first-order valence-electron chi connectivity index (χ1n) is 10.1. The summed E-state index contributed by atoms with van der Waals surface area (Å²) in [4.78, 5) is 34.1. The maximum Gasteiger partial charge on any atom is 0.255 e. The molecule has 1 amide bonds. The van der Waals surface area contributed by atoms with Crippen LogP contribution in [-0.2, 0) is 16.0 Å². The van der Waals surface area contributed by atoms with Crippen LogP contribution < -0.4 is 15.8 Å². The van der Waals surface area contributed by atoms with Gasteiger partial charge in [-0.25, -0.2) is 4.98 Å². The molecule has 152 valence electrons. The van der Waals surface area contributed by atoms with Crippen molar-refractivity contribution in [3.8, 4) is 0 Å². The number of nitrogens with zero attached hydrogens (tertiary/aromatic N) is 2. The van der Waals surface area contributed by atoms with Crippen LogP contribution in [0.15, 0.2) is 4.79 Å². The Morgan fingerprint density at radius 3 is 2.59 bits per heavy atom. The van der Waals surface area contributed by atoms with Crippen molar-refractivity contribution < 1.29 is 9.53 Å². The van der Waals surface area contributed by atoms with Crippen molar-refractivity contribution in [2.45, 2.75) is 65.8 Å². The molecule has 0 aromatic carbocycles. The molecule has 1 aromatic heterocycles. The molecule has 1 atom stereocenters. The first-order chi connectivity index (χ1) is 12.9. The topological polar surface area (TPSA) is 87.3 Å². The van der Waals surface area contributed by atoms with E-state index in [1.54, 1.807) is 0 Å². The number of amides is 1. The van der Waals surface area contributed by atoms with Crippen LogP contribution >= 0.6 is 0 Å². The van der Waals surface area contributed by atoms with Crippen molar-refractivity contribution in [3.63, 3.8) is 0 Å². The Morgan fingerprint density at radius 2 is 1.96 bits per heavy atom. The van der Waals surface area contributed by atoms with E-state index in [-0.39, 0.29) is 17.5 Å². The summed E-state index contributed by atoms with van der Waals surface area (Å²) in [5, 5.41) is 3.03. The monoisotopic (exact) mass is 378 g/mol. The molecule has 2 heterocycles. The van der Waals surface area contributed by atoms with Gasteiger partial charge in [-0.15, -0.1) is 0 Å². The third-order valence-corrected chi connectivity index (χ3v) is 4.95. The molecule has 7 nitrogen and oxygen atoms in total. The van der Waals surface area contributed by atoms with E-state index in [2.05, 4.69) is 29.1 Å². The Kier molecular flexibility index (Phi) is 8.28.